The Morgan fingerprint density at radius 3 is 2.68 bits per heavy atom. The molecule has 1 aromatic carbocycles. The van der Waals surface area contributed by atoms with Crippen LogP contribution in [-0.4, -0.2) is 31.1 Å². The number of carbonyl (C=O) groups excluding carboxylic acids is 2. The number of hydrogen-bond acceptors (Lipinski definition) is 4. The molecule has 0 aliphatic heterocycles. The lowest BCUT2D eigenvalue weighted by Gasteiger charge is -2.24. The topological polar surface area (TPSA) is 58.6 Å². The first-order valence-electron chi connectivity index (χ1n) is 6.78. The number of ether oxygens (including phenoxy) is 1. The number of thiophene rings is 1. The van der Waals surface area contributed by atoms with E-state index in [2.05, 4.69) is 10.1 Å². The molecule has 5 nitrogen and oxygen atoms in total. The van der Waals surface area contributed by atoms with Gasteiger partial charge in [-0.3, -0.25) is 10.1 Å². The van der Waals surface area contributed by atoms with Gasteiger partial charge in [0.1, 0.15) is 0 Å². The van der Waals surface area contributed by atoms with Gasteiger partial charge in [0.25, 0.3) is 5.91 Å². The Labute approximate surface area is 133 Å². The molecule has 0 spiro atoms. The van der Waals surface area contributed by atoms with Gasteiger partial charge in [0.05, 0.1) is 13.2 Å². The average Bonchev–Trinajstić information content (AvgIpc) is 3.07. The summed E-state index contributed by atoms with van der Waals surface area (Å²) in [6.07, 6.45) is -0.565. The summed E-state index contributed by atoms with van der Waals surface area (Å²) in [5.41, 5.74) is 1.04. The lowest BCUT2D eigenvalue weighted by Crippen LogP contribution is -2.29. The SMILES string of the molecule is COC(=O)Nc1cccc(C(=O)N(C)C(C)c2cccs2)c1. The van der Waals surface area contributed by atoms with Crippen LogP contribution in [0.2, 0.25) is 0 Å². The third kappa shape index (κ3) is 3.65. The van der Waals surface area contributed by atoms with Crippen molar-refractivity contribution in [2.24, 2.45) is 0 Å². The first-order chi connectivity index (χ1) is 10.5. The van der Waals surface area contributed by atoms with E-state index < -0.39 is 6.09 Å². The van der Waals surface area contributed by atoms with Crippen LogP contribution in [0.5, 0.6) is 0 Å². The number of benzene rings is 1. The molecule has 2 amide bonds. The summed E-state index contributed by atoms with van der Waals surface area (Å²) in [6.45, 7) is 1.99. The number of methoxy groups -OCH3 is 1. The summed E-state index contributed by atoms with van der Waals surface area (Å²) in [4.78, 5) is 26.6. The van der Waals surface area contributed by atoms with Gasteiger partial charge in [-0.25, -0.2) is 4.79 Å². The minimum atomic E-state index is -0.565. The minimum Gasteiger partial charge on any atom is -0.453 e. The fourth-order valence-electron chi connectivity index (χ4n) is 2.00. The molecular formula is C16H18N2O3S. The quantitative estimate of drug-likeness (QED) is 0.934. The number of nitrogens with one attached hydrogen (secondary N) is 1. The van der Waals surface area contributed by atoms with Crippen LogP contribution in [0, 0.1) is 0 Å². The van der Waals surface area contributed by atoms with Crippen molar-refractivity contribution < 1.29 is 14.3 Å². The Morgan fingerprint density at radius 1 is 1.27 bits per heavy atom. The highest BCUT2D eigenvalue weighted by Gasteiger charge is 2.19. The van der Waals surface area contributed by atoms with Gasteiger partial charge < -0.3 is 9.64 Å². The highest BCUT2D eigenvalue weighted by Crippen LogP contribution is 2.25. The van der Waals surface area contributed by atoms with Crippen molar-refractivity contribution in [3.8, 4) is 0 Å². The maximum absolute atomic E-state index is 12.6. The highest BCUT2D eigenvalue weighted by molar-refractivity contribution is 7.10. The molecule has 1 unspecified atom stereocenters. The Morgan fingerprint density at radius 2 is 2.05 bits per heavy atom. The standard InChI is InChI=1S/C16H18N2O3S/c1-11(14-8-5-9-22-14)18(2)15(19)12-6-4-7-13(10-12)17-16(20)21-3/h4-11H,1-3H3,(H,17,20). The molecule has 0 bridgehead atoms. The molecule has 0 radical (unpaired) electrons. The van der Waals surface area contributed by atoms with Crippen molar-refractivity contribution in [1.29, 1.82) is 0 Å². The summed E-state index contributed by atoms with van der Waals surface area (Å²) < 4.78 is 4.55. The van der Waals surface area contributed by atoms with Gasteiger partial charge in [-0.2, -0.15) is 0 Å². The van der Waals surface area contributed by atoms with Crippen LogP contribution < -0.4 is 5.32 Å². The second-order valence-electron chi connectivity index (χ2n) is 4.80. The van der Waals surface area contributed by atoms with E-state index in [0.29, 0.717) is 11.3 Å². The zero-order valence-corrected chi connectivity index (χ0v) is 13.5. The maximum atomic E-state index is 12.6. The van der Waals surface area contributed by atoms with E-state index >= 15 is 0 Å². The van der Waals surface area contributed by atoms with E-state index in [9.17, 15) is 9.59 Å². The van der Waals surface area contributed by atoms with Crippen LogP contribution in [0.15, 0.2) is 41.8 Å². The molecule has 22 heavy (non-hydrogen) atoms. The van der Waals surface area contributed by atoms with Crippen molar-refractivity contribution in [1.82, 2.24) is 4.90 Å². The Kier molecular flexibility index (Phi) is 5.16. The number of amides is 2. The number of carbonyl (C=O) groups is 2. The minimum absolute atomic E-state index is 0.00952. The Hall–Kier alpha value is -2.34. The fraction of sp³-hybridized carbons (Fsp3) is 0.250. The molecule has 116 valence electrons. The first kappa shape index (κ1) is 16.0. The van der Waals surface area contributed by atoms with Gasteiger partial charge in [0, 0.05) is 23.2 Å². The molecule has 1 heterocycles. The van der Waals surface area contributed by atoms with Gasteiger partial charge in [-0.1, -0.05) is 12.1 Å². The molecule has 1 atom stereocenters. The van der Waals surface area contributed by atoms with Crippen LogP contribution in [0.3, 0.4) is 0 Å². The van der Waals surface area contributed by atoms with E-state index in [4.69, 9.17) is 0 Å². The molecular weight excluding hydrogens is 300 g/mol. The van der Waals surface area contributed by atoms with Crippen LogP contribution in [0.25, 0.3) is 0 Å². The largest absolute Gasteiger partial charge is 0.453 e. The van der Waals surface area contributed by atoms with Gasteiger partial charge in [0.15, 0.2) is 0 Å². The van der Waals surface area contributed by atoms with Gasteiger partial charge >= 0.3 is 6.09 Å². The first-order valence-corrected chi connectivity index (χ1v) is 7.66. The zero-order chi connectivity index (χ0) is 16.1. The van der Waals surface area contributed by atoms with Crippen molar-refractivity contribution in [2.75, 3.05) is 19.5 Å². The predicted molar refractivity (Wildman–Crippen MR) is 87.3 cm³/mol. The third-order valence-electron chi connectivity index (χ3n) is 3.40. The van der Waals surface area contributed by atoms with Crippen LogP contribution in [-0.2, 0) is 4.74 Å². The van der Waals surface area contributed by atoms with Crippen LogP contribution in [0.4, 0.5) is 10.5 Å². The van der Waals surface area contributed by atoms with E-state index in [0.717, 1.165) is 4.88 Å². The van der Waals surface area contributed by atoms with Gasteiger partial charge in [-0.05, 0) is 36.6 Å². The van der Waals surface area contributed by atoms with E-state index in [1.807, 2.05) is 24.4 Å². The number of hydrogen-bond donors (Lipinski definition) is 1. The number of anilines is 1. The van der Waals surface area contributed by atoms with Crippen LogP contribution >= 0.6 is 11.3 Å². The smallest absolute Gasteiger partial charge is 0.411 e. The summed E-state index contributed by atoms with van der Waals surface area (Å²) in [5.74, 6) is -0.102. The van der Waals surface area contributed by atoms with Crippen molar-refractivity contribution in [2.45, 2.75) is 13.0 Å². The molecule has 2 rings (SSSR count). The maximum Gasteiger partial charge on any atom is 0.411 e. The van der Waals surface area contributed by atoms with Crippen molar-refractivity contribution >= 4 is 29.0 Å². The molecule has 0 saturated heterocycles. The molecule has 0 aliphatic rings. The van der Waals surface area contributed by atoms with Crippen LogP contribution in [0.1, 0.15) is 28.2 Å². The second-order valence-corrected chi connectivity index (χ2v) is 5.78. The Balaban J connectivity index is 2.15. The summed E-state index contributed by atoms with van der Waals surface area (Å²) in [7, 11) is 3.06. The van der Waals surface area contributed by atoms with E-state index in [1.54, 1.807) is 47.5 Å². The van der Waals surface area contributed by atoms with Gasteiger partial charge in [0.2, 0.25) is 0 Å². The lowest BCUT2D eigenvalue weighted by molar-refractivity contribution is 0.0745. The molecule has 0 saturated carbocycles. The molecule has 1 N–H and O–H groups in total. The molecule has 0 fully saturated rings. The monoisotopic (exact) mass is 318 g/mol. The molecule has 0 aliphatic carbocycles. The van der Waals surface area contributed by atoms with E-state index in [-0.39, 0.29) is 11.9 Å². The van der Waals surface area contributed by atoms with Crippen molar-refractivity contribution in [3.05, 3.63) is 52.2 Å². The number of rotatable bonds is 4. The van der Waals surface area contributed by atoms with Gasteiger partial charge in [-0.15, -0.1) is 11.3 Å². The third-order valence-corrected chi connectivity index (χ3v) is 4.44. The van der Waals surface area contributed by atoms with Crippen molar-refractivity contribution in [3.63, 3.8) is 0 Å². The molecule has 6 heteroatoms. The fourth-order valence-corrected chi connectivity index (χ4v) is 2.82. The Bertz CT molecular complexity index is 655. The molecule has 1 aromatic heterocycles. The summed E-state index contributed by atoms with van der Waals surface area (Å²) in [6, 6.07) is 10.8. The highest BCUT2D eigenvalue weighted by atomic mass is 32.1. The number of nitrogens with zero attached hydrogens (tertiary/aromatic N) is 1. The molecule has 2 aromatic rings. The summed E-state index contributed by atoms with van der Waals surface area (Å²) in [5, 5.41) is 4.54. The van der Waals surface area contributed by atoms with E-state index in [1.165, 1.54) is 7.11 Å². The predicted octanol–water partition coefficient (Wildman–Crippen LogP) is 3.76. The average molecular weight is 318 g/mol. The second kappa shape index (κ2) is 7.09. The normalized spacial score (nSPS) is 11.6. The zero-order valence-electron chi connectivity index (χ0n) is 12.7. The summed E-state index contributed by atoms with van der Waals surface area (Å²) >= 11 is 1.62. The lowest BCUT2D eigenvalue weighted by atomic mass is 10.1.